The number of carbonyl (C=O) groups excluding carboxylic acids is 2. The minimum Gasteiger partial charge on any atom is -0.358 e. The van der Waals surface area contributed by atoms with Crippen molar-refractivity contribution in [2.24, 2.45) is 0 Å². The van der Waals surface area contributed by atoms with Gasteiger partial charge in [-0.25, -0.2) is 4.98 Å². The molecule has 0 spiro atoms. The van der Waals surface area contributed by atoms with E-state index in [-0.39, 0.29) is 24.3 Å². The highest BCUT2D eigenvalue weighted by atomic mass is 35.5. The average Bonchev–Trinajstić information content (AvgIpc) is 2.45. The van der Waals surface area contributed by atoms with Crippen LogP contribution in [0, 0.1) is 0 Å². The van der Waals surface area contributed by atoms with E-state index in [4.69, 9.17) is 11.6 Å². The van der Waals surface area contributed by atoms with Gasteiger partial charge in [0.05, 0.1) is 6.54 Å². The minimum atomic E-state index is -0.202. The first-order valence-corrected chi connectivity index (χ1v) is 7.44. The summed E-state index contributed by atoms with van der Waals surface area (Å²) in [5, 5.41) is 2.82. The zero-order chi connectivity index (χ0) is 16.0. The summed E-state index contributed by atoms with van der Waals surface area (Å²) in [6.45, 7) is 6.50. The van der Waals surface area contributed by atoms with Gasteiger partial charge >= 0.3 is 0 Å². The molecule has 5 nitrogen and oxygen atoms in total. The molecular formula is C15H22ClN3O2. The highest BCUT2D eigenvalue weighted by Gasteiger charge is 2.19. The standard InChI is InChI=1S/C15H22ClN3O2/c1-5-6-19(9-14(20)17-4)15(21)11-7-12(10(2)3)18-13(16)8-11/h7-8,10H,5-6,9H2,1-4H3,(H,17,20). The van der Waals surface area contributed by atoms with Gasteiger partial charge in [-0.2, -0.15) is 0 Å². The first kappa shape index (κ1) is 17.4. The quantitative estimate of drug-likeness (QED) is 0.821. The maximum Gasteiger partial charge on any atom is 0.254 e. The van der Waals surface area contributed by atoms with Crippen molar-refractivity contribution < 1.29 is 9.59 Å². The Morgan fingerprint density at radius 2 is 2.05 bits per heavy atom. The fourth-order valence-corrected chi connectivity index (χ4v) is 2.11. The van der Waals surface area contributed by atoms with E-state index >= 15 is 0 Å². The second-order valence-electron chi connectivity index (χ2n) is 5.16. The minimum absolute atomic E-state index is 0.0418. The van der Waals surface area contributed by atoms with Crippen molar-refractivity contribution in [3.8, 4) is 0 Å². The Hall–Kier alpha value is -1.62. The maximum absolute atomic E-state index is 12.6. The maximum atomic E-state index is 12.6. The molecule has 0 saturated carbocycles. The van der Waals surface area contributed by atoms with Gasteiger partial charge in [0.15, 0.2) is 0 Å². The van der Waals surface area contributed by atoms with Crippen molar-refractivity contribution in [2.75, 3.05) is 20.1 Å². The van der Waals surface area contributed by atoms with Gasteiger partial charge in [0.25, 0.3) is 5.91 Å². The van der Waals surface area contributed by atoms with Crippen LogP contribution in [-0.4, -0.2) is 41.8 Å². The van der Waals surface area contributed by atoms with Crippen LogP contribution in [-0.2, 0) is 4.79 Å². The zero-order valence-corrected chi connectivity index (χ0v) is 13.7. The summed E-state index contributed by atoms with van der Waals surface area (Å²) in [6, 6.07) is 3.29. The lowest BCUT2D eigenvalue weighted by molar-refractivity contribution is -0.121. The van der Waals surface area contributed by atoms with Crippen LogP contribution in [0.15, 0.2) is 12.1 Å². The molecule has 2 amide bonds. The first-order chi connectivity index (χ1) is 9.88. The molecule has 1 aromatic heterocycles. The third-order valence-electron chi connectivity index (χ3n) is 3.05. The molecule has 21 heavy (non-hydrogen) atoms. The van der Waals surface area contributed by atoms with Crippen LogP contribution in [0.25, 0.3) is 0 Å². The first-order valence-electron chi connectivity index (χ1n) is 7.06. The number of halogens is 1. The number of nitrogens with one attached hydrogen (secondary N) is 1. The Morgan fingerprint density at radius 1 is 1.38 bits per heavy atom. The number of nitrogens with zero attached hydrogens (tertiary/aromatic N) is 2. The lowest BCUT2D eigenvalue weighted by Gasteiger charge is -2.21. The summed E-state index contributed by atoms with van der Waals surface area (Å²) in [7, 11) is 1.55. The molecular weight excluding hydrogens is 290 g/mol. The molecule has 1 aromatic rings. The van der Waals surface area contributed by atoms with Gasteiger partial charge < -0.3 is 10.2 Å². The zero-order valence-electron chi connectivity index (χ0n) is 12.9. The van der Waals surface area contributed by atoms with Crippen LogP contribution in [0.1, 0.15) is 49.2 Å². The number of likely N-dealkylation sites (N-methyl/N-ethyl adjacent to an activating group) is 1. The average molecular weight is 312 g/mol. The topological polar surface area (TPSA) is 62.3 Å². The molecule has 0 unspecified atom stereocenters. The van der Waals surface area contributed by atoms with E-state index in [1.54, 1.807) is 19.2 Å². The highest BCUT2D eigenvalue weighted by Crippen LogP contribution is 2.19. The van der Waals surface area contributed by atoms with Gasteiger partial charge in [0.1, 0.15) is 5.15 Å². The predicted molar refractivity (Wildman–Crippen MR) is 83.6 cm³/mol. The third kappa shape index (κ3) is 5.01. The molecule has 0 radical (unpaired) electrons. The smallest absolute Gasteiger partial charge is 0.254 e. The molecule has 1 rings (SSSR count). The summed E-state index contributed by atoms with van der Waals surface area (Å²) < 4.78 is 0. The fraction of sp³-hybridized carbons (Fsp3) is 0.533. The molecule has 0 aliphatic rings. The van der Waals surface area contributed by atoms with Crippen molar-refractivity contribution in [3.05, 3.63) is 28.5 Å². The number of pyridine rings is 1. The fourth-order valence-electron chi connectivity index (χ4n) is 1.89. The monoisotopic (exact) mass is 311 g/mol. The molecule has 116 valence electrons. The second kappa shape index (κ2) is 7.98. The van der Waals surface area contributed by atoms with Gasteiger partial charge in [0, 0.05) is 24.8 Å². The molecule has 0 bridgehead atoms. The Morgan fingerprint density at radius 3 is 2.57 bits per heavy atom. The van der Waals surface area contributed by atoms with Gasteiger partial charge in [-0.15, -0.1) is 0 Å². The van der Waals surface area contributed by atoms with Crippen molar-refractivity contribution in [3.63, 3.8) is 0 Å². The Balaban J connectivity index is 3.05. The molecule has 0 atom stereocenters. The number of carbonyl (C=O) groups is 2. The van der Waals surface area contributed by atoms with E-state index in [1.165, 1.54) is 4.90 Å². The van der Waals surface area contributed by atoms with E-state index in [1.807, 2.05) is 20.8 Å². The van der Waals surface area contributed by atoms with Gasteiger partial charge in [0.2, 0.25) is 5.91 Å². The normalized spacial score (nSPS) is 10.6. The van der Waals surface area contributed by atoms with Gasteiger partial charge in [-0.05, 0) is 24.5 Å². The van der Waals surface area contributed by atoms with Crippen molar-refractivity contribution >= 4 is 23.4 Å². The highest BCUT2D eigenvalue weighted by molar-refractivity contribution is 6.29. The van der Waals surface area contributed by atoms with Crippen molar-refractivity contribution in [2.45, 2.75) is 33.1 Å². The third-order valence-corrected chi connectivity index (χ3v) is 3.24. The Labute approximate surface area is 130 Å². The van der Waals surface area contributed by atoms with Crippen LogP contribution in [0.5, 0.6) is 0 Å². The number of rotatable bonds is 6. The molecule has 1 N–H and O–H groups in total. The van der Waals surface area contributed by atoms with Crippen LogP contribution in [0.4, 0.5) is 0 Å². The van der Waals surface area contributed by atoms with E-state index in [0.717, 1.165) is 12.1 Å². The predicted octanol–water partition coefficient (Wildman–Crippen LogP) is 2.46. The molecule has 0 aromatic carbocycles. The molecule has 6 heteroatoms. The number of aromatic nitrogens is 1. The van der Waals surface area contributed by atoms with Crippen LogP contribution < -0.4 is 5.32 Å². The summed E-state index contributed by atoms with van der Waals surface area (Å²) in [6.07, 6.45) is 0.776. The number of hydrogen-bond donors (Lipinski definition) is 1. The van der Waals surface area contributed by atoms with E-state index < -0.39 is 0 Å². The lowest BCUT2D eigenvalue weighted by Crippen LogP contribution is -2.40. The van der Waals surface area contributed by atoms with Crippen LogP contribution >= 0.6 is 11.6 Å². The summed E-state index contributed by atoms with van der Waals surface area (Å²) >= 11 is 5.99. The molecule has 0 aliphatic carbocycles. The molecule has 0 fully saturated rings. The molecule has 1 heterocycles. The molecule has 0 aliphatic heterocycles. The number of hydrogen-bond acceptors (Lipinski definition) is 3. The van der Waals surface area contributed by atoms with E-state index in [9.17, 15) is 9.59 Å². The van der Waals surface area contributed by atoms with Crippen LogP contribution in [0.2, 0.25) is 5.15 Å². The Bertz CT molecular complexity index is 518. The largest absolute Gasteiger partial charge is 0.358 e. The summed E-state index contributed by atoms with van der Waals surface area (Å²) in [4.78, 5) is 29.8. The van der Waals surface area contributed by atoms with Crippen LogP contribution in [0.3, 0.4) is 0 Å². The second-order valence-corrected chi connectivity index (χ2v) is 5.55. The summed E-state index contributed by atoms with van der Waals surface area (Å²) in [5.74, 6) is -0.221. The van der Waals surface area contributed by atoms with Crippen molar-refractivity contribution in [1.82, 2.24) is 15.2 Å². The van der Waals surface area contributed by atoms with Crippen molar-refractivity contribution in [1.29, 1.82) is 0 Å². The van der Waals surface area contributed by atoms with E-state index in [0.29, 0.717) is 17.3 Å². The molecule has 0 saturated heterocycles. The van der Waals surface area contributed by atoms with Gasteiger partial charge in [-0.3, -0.25) is 9.59 Å². The summed E-state index contributed by atoms with van der Waals surface area (Å²) in [5.41, 5.74) is 1.23. The van der Waals surface area contributed by atoms with E-state index in [2.05, 4.69) is 10.3 Å². The lowest BCUT2D eigenvalue weighted by atomic mass is 10.1. The SMILES string of the molecule is CCCN(CC(=O)NC)C(=O)c1cc(Cl)nc(C(C)C)c1. The number of amides is 2. The Kier molecular flexibility index (Phi) is 6.62. The van der Waals surface area contributed by atoms with Gasteiger partial charge in [-0.1, -0.05) is 32.4 Å².